The molecule has 0 unspecified atom stereocenters. The summed E-state index contributed by atoms with van der Waals surface area (Å²) in [6.45, 7) is 1.70. The molecule has 0 radical (unpaired) electrons. The maximum atomic E-state index is 10.8. The Balaban J connectivity index is 2.84. The Morgan fingerprint density at radius 3 is 2.87 bits per heavy atom. The summed E-state index contributed by atoms with van der Waals surface area (Å²) < 4.78 is 1.58. The van der Waals surface area contributed by atoms with Crippen molar-refractivity contribution >= 4 is 16.6 Å². The van der Waals surface area contributed by atoms with Gasteiger partial charge in [0.05, 0.1) is 4.92 Å². The molecule has 0 N–H and O–H groups in total. The van der Waals surface area contributed by atoms with Crippen LogP contribution in [0, 0.1) is 22.1 Å². The van der Waals surface area contributed by atoms with Gasteiger partial charge in [-0.15, -0.1) is 0 Å². The second kappa shape index (κ2) is 3.46. The third-order valence-electron chi connectivity index (χ3n) is 2.12. The highest BCUT2D eigenvalue weighted by Crippen LogP contribution is 2.25. The molecule has 74 valence electrons. The molecule has 0 fully saturated rings. The lowest BCUT2D eigenvalue weighted by molar-refractivity contribution is -0.383. The van der Waals surface area contributed by atoms with Crippen LogP contribution in [0.4, 0.5) is 5.69 Å². The highest BCUT2D eigenvalue weighted by Gasteiger charge is 2.14. The Hall–Kier alpha value is -2.28. The number of rotatable bonds is 1. The molecule has 2 aromatic rings. The van der Waals surface area contributed by atoms with E-state index in [9.17, 15) is 10.1 Å². The quantitative estimate of drug-likeness (QED) is 0.403. The highest BCUT2D eigenvalue weighted by atomic mass is 16.6. The number of nitro groups is 1. The molecule has 0 atom stereocenters. The highest BCUT2D eigenvalue weighted by molar-refractivity contribution is 5.89. The van der Waals surface area contributed by atoms with Gasteiger partial charge in [0.25, 0.3) is 5.69 Å². The number of hydrogen-bond acceptors (Lipinski definition) is 2. The van der Waals surface area contributed by atoms with Crippen molar-refractivity contribution in [2.75, 3.05) is 0 Å². The molecule has 2 rings (SSSR count). The minimum absolute atomic E-state index is 0.0836. The average molecular weight is 200 g/mol. The first-order valence-electron chi connectivity index (χ1n) is 4.41. The van der Waals surface area contributed by atoms with Crippen molar-refractivity contribution in [3.05, 3.63) is 40.6 Å². The Kier molecular flexibility index (Phi) is 2.14. The maximum absolute atomic E-state index is 10.8. The molecule has 0 aliphatic rings. The average Bonchev–Trinajstić information content (AvgIpc) is 2.62. The van der Waals surface area contributed by atoms with Crippen molar-refractivity contribution in [2.45, 2.75) is 6.92 Å². The van der Waals surface area contributed by atoms with Crippen molar-refractivity contribution in [3.63, 3.8) is 0 Å². The summed E-state index contributed by atoms with van der Waals surface area (Å²) in [5.74, 6) is 2.72. The first-order chi connectivity index (χ1) is 7.24. The number of aromatic nitrogens is 1. The van der Waals surface area contributed by atoms with E-state index in [1.54, 1.807) is 23.8 Å². The maximum Gasteiger partial charge on any atom is 0.294 e. The van der Waals surface area contributed by atoms with Gasteiger partial charge >= 0.3 is 0 Å². The number of benzene rings is 1. The number of nitro benzene ring substituents is 1. The minimum atomic E-state index is -0.393. The molecule has 0 saturated heterocycles. The lowest BCUT2D eigenvalue weighted by atomic mass is 10.2. The molecular formula is C11H8N2O2. The van der Waals surface area contributed by atoms with Crippen molar-refractivity contribution in [3.8, 4) is 12.0 Å². The van der Waals surface area contributed by atoms with Gasteiger partial charge in [-0.2, -0.15) is 0 Å². The van der Waals surface area contributed by atoms with Gasteiger partial charge in [-0.05, 0) is 13.0 Å². The number of nitrogens with zero attached hydrogens (tertiary/aromatic N) is 2. The standard InChI is InChI=1S/C11H8N2O2/c1-2-7-12-8-6-9-4-3-5-10(11(9)12)13(14)15/h3-6,8H,1H3. The van der Waals surface area contributed by atoms with Crippen molar-refractivity contribution in [1.82, 2.24) is 4.57 Å². The number of non-ortho nitro benzene ring substituents is 1. The van der Waals surface area contributed by atoms with E-state index < -0.39 is 4.92 Å². The summed E-state index contributed by atoms with van der Waals surface area (Å²) in [7, 11) is 0. The van der Waals surface area contributed by atoms with Gasteiger partial charge in [0.2, 0.25) is 0 Å². The van der Waals surface area contributed by atoms with E-state index in [4.69, 9.17) is 0 Å². The Labute approximate surface area is 86.3 Å². The molecule has 0 amide bonds. The molecule has 1 heterocycles. The van der Waals surface area contributed by atoms with Gasteiger partial charge in [-0.3, -0.25) is 14.7 Å². The Bertz CT molecular complexity index is 587. The van der Waals surface area contributed by atoms with Crippen LogP contribution in [0.2, 0.25) is 0 Å². The molecule has 0 bridgehead atoms. The van der Waals surface area contributed by atoms with E-state index in [0.717, 1.165) is 5.39 Å². The van der Waals surface area contributed by atoms with Crippen LogP contribution in [0.15, 0.2) is 30.5 Å². The van der Waals surface area contributed by atoms with Gasteiger partial charge in [-0.25, -0.2) is 0 Å². The molecule has 15 heavy (non-hydrogen) atoms. The van der Waals surface area contributed by atoms with E-state index in [0.29, 0.717) is 5.52 Å². The monoisotopic (exact) mass is 200 g/mol. The van der Waals surface area contributed by atoms with Gasteiger partial charge in [0, 0.05) is 23.7 Å². The molecule has 0 aliphatic heterocycles. The van der Waals surface area contributed by atoms with Gasteiger partial charge in [-0.1, -0.05) is 18.1 Å². The second-order valence-electron chi connectivity index (χ2n) is 3.02. The van der Waals surface area contributed by atoms with Gasteiger partial charge < -0.3 is 0 Å². The largest absolute Gasteiger partial charge is 0.294 e. The second-order valence-corrected chi connectivity index (χ2v) is 3.02. The molecule has 1 aromatic heterocycles. The summed E-state index contributed by atoms with van der Waals surface area (Å²) in [5.41, 5.74) is 0.636. The van der Waals surface area contributed by atoms with E-state index in [1.807, 2.05) is 12.1 Å². The van der Waals surface area contributed by atoms with Crippen LogP contribution in [0.25, 0.3) is 10.9 Å². The lowest BCUT2D eigenvalue weighted by Gasteiger charge is -1.96. The SMILES string of the molecule is CC#Cn1ccc2cccc([N+](=O)[O-])c21. The van der Waals surface area contributed by atoms with E-state index in [-0.39, 0.29) is 5.69 Å². The van der Waals surface area contributed by atoms with Crippen LogP contribution in [-0.4, -0.2) is 9.49 Å². The summed E-state index contributed by atoms with van der Waals surface area (Å²) in [6, 6.07) is 9.58. The van der Waals surface area contributed by atoms with Crippen molar-refractivity contribution in [2.24, 2.45) is 0 Å². The molecule has 4 nitrogen and oxygen atoms in total. The molecule has 0 saturated carbocycles. The topological polar surface area (TPSA) is 48.1 Å². The Morgan fingerprint density at radius 1 is 1.40 bits per heavy atom. The number of fused-ring (bicyclic) bond motifs is 1. The number of para-hydroxylation sites is 1. The van der Waals surface area contributed by atoms with E-state index >= 15 is 0 Å². The van der Waals surface area contributed by atoms with Crippen LogP contribution in [0.5, 0.6) is 0 Å². The summed E-state index contributed by atoms with van der Waals surface area (Å²) in [5, 5.41) is 11.6. The first kappa shape index (κ1) is 9.28. The van der Waals surface area contributed by atoms with Crippen molar-refractivity contribution < 1.29 is 4.92 Å². The summed E-state index contributed by atoms with van der Waals surface area (Å²) in [6.07, 6.45) is 1.73. The zero-order valence-corrected chi connectivity index (χ0v) is 8.10. The lowest BCUT2D eigenvalue weighted by Crippen LogP contribution is -1.93. The van der Waals surface area contributed by atoms with Gasteiger partial charge in [0.1, 0.15) is 5.52 Å². The van der Waals surface area contributed by atoms with Crippen LogP contribution in [-0.2, 0) is 0 Å². The van der Waals surface area contributed by atoms with Crippen LogP contribution < -0.4 is 0 Å². The number of hydrogen-bond donors (Lipinski definition) is 0. The van der Waals surface area contributed by atoms with Crippen molar-refractivity contribution in [1.29, 1.82) is 0 Å². The van der Waals surface area contributed by atoms with Crippen LogP contribution >= 0.6 is 0 Å². The predicted molar refractivity (Wildman–Crippen MR) is 57.4 cm³/mol. The molecule has 0 spiro atoms. The van der Waals surface area contributed by atoms with Gasteiger partial charge in [0.15, 0.2) is 0 Å². The summed E-state index contributed by atoms with van der Waals surface area (Å²) >= 11 is 0. The molecule has 0 aliphatic carbocycles. The fourth-order valence-corrected chi connectivity index (χ4v) is 1.54. The molecule has 1 aromatic carbocycles. The fraction of sp³-hybridized carbons (Fsp3) is 0.0909. The molecule has 4 heteroatoms. The normalized spacial score (nSPS) is 9.67. The zero-order valence-electron chi connectivity index (χ0n) is 8.10. The third kappa shape index (κ3) is 1.44. The summed E-state index contributed by atoms with van der Waals surface area (Å²) in [4.78, 5) is 10.4. The smallest absolute Gasteiger partial charge is 0.270 e. The fourth-order valence-electron chi connectivity index (χ4n) is 1.54. The first-order valence-corrected chi connectivity index (χ1v) is 4.41. The van der Waals surface area contributed by atoms with Crippen LogP contribution in [0.1, 0.15) is 6.92 Å². The van der Waals surface area contributed by atoms with E-state index in [2.05, 4.69) is 12.0 Å². The minimum Gasteiger partial charge on any atom is -0.270 e. The van der Waals surface area contributed by atoms with Crippen LogP contribution in [0.3, 0.4) is 0 Å². The molecular weight excluding hydrogens is 192 g/mol. The predicted octanol–water partition coefficient (Wildman–Crippen LogP) is 2.38. The zero-order chi connectivity index (χ0) is 10.8. The Morgan fingerprint density at radius 2 is 2.20 bits per heavy atom. The van der Waals surface area contributed by atoms with E-state index in [1.165, 1.54) is 6.07 Å². The third-order valence-corrected chi connectivity index (χ3v) is 2.12.